The van der Waals surface area contributed by atoms with E-state index in [4.69, 9.17) is 9.84 Å². The second-order valence-corrected chi connectivity index (χ2v) is 2.69. The fourth-order valence-electron chi connectivity index (χ4n) is 0.930. The van der Waals surface area contributed by atoms with E-state index in [-0.39, 0.29) is 12.3 Å². The minimum atomic E-state index is -0.516. The molecule has 0 atom stereocenters. The monoisotopic (exact) mass is 215 g/mol. The van der Waals surface area contributed by atoms with Gasteiger partial charge in [0.15, 0.2) is 5.69 Å². The number of aromatic nitrogens is 3. The maximum absolute atomic E-state index is 11.0. The van der Waals surface area contributed by atoms with Gasteiger partial charge in [0.25, 0.3) is 0 Å². The highest BCUT2D eigenvalue weighted by atomic mass is 16.5. The number of carbonyl (C=O) groups excluding carboxylic acids is 1. The number of aliphatic hydroxyl groups is 1. The molecule has 0 aliphatic heterocycles. The molecule has 1 heterocycles. The fourth-order valence-corrected chi connectivity index (χ4v) is 0.930. The molecule has 7 heteroatoms. The van der Waals surface area contributed by atoms with Gasteiger partial charge in [-0.15, -0.1) is 5.10 Å². The summed E-state index contributed by atoms with van der Waals surface area (Å²) >= 11 is 0. The van der Waals surface area contributed by atoms with E-state index >= 15 is 0 Å². The van der Waals surface area contributed by atoms with Crippen molar-refractivity contribution in [2.75, 3.05) is 26.9 Å². The molecule has 0 bridgehead atoms. The van der Waals surface area contributed by atoms with E-state index in [1.54, 1.807) is 0 Å². The summed E-state index contributed by atoms with van der Waals surface area (Å²) in [4.78, 5) is 11.0. The number of methoxy groups -OCH3 is 1. The maximum atomic E-state index is 11.0. The van der Waals surface area contributed by atoms with E-state index in [2.05, 4.69) is 15.0 Å². The molecule has 1 N–H and O–H groups in total. The quantitative estimate of drug-likeness (QED) is 0.487. The van der Waals surface area contributed by atoms with Crippen LogP contribution in [0.4, 0.5) is 0 Å². The third-order valence-corrected chi connectivity index (χ3v) is 1.63. The second-order valence-electron chi connectivity index (χ2n) is 2.69. The van der Waals surface area contributed by atoms with Crippen molar-refractivity contribution in [1.29, 1.82) is 0 Å². The number of aliphatic hydroxyl groups excluding tert-OH is 1. The number of hydrogen-bond acceptors (Lipinski definition) is 6. The van der Waals surface area contributed by atoms with Crippen LogP contribution >= 0.6 is 0 Å². The number of esters is 1. The van der Waals surface area contributed by atoms with Gasteiger partial charge in [-0.3, -0.25) is 0 Å². The first kappa shape index (κ1) is 11.6. The molecular formula is C8H13N3O4. The normalized spacial score (nSPS) is 10.3. The van der Waals surface area contributed by atoms with Crippen molar-refractivity contribution in [2.45, 2.75) is 6.54 Å². The number of nitrogens with zero attached hydrogens (tertiary/aromatic N) is 3. The van der Waals surface area contributed by atoms with E-state index in [0.717, 1.165) is 0 Å². The van der Waals surface area contributed by atoms with E-state index < -0.39 is 5.97 Å². The van der Waals surface area contributed by atoms with Gasteiger partial charge in [-0.25, -0.2) is 9.48 Å². The number of ether oxygens (including phenoxy) is 2. The molecule has 7 nitrogen and oxygen atoms in total. The number of rotatable bonds is 6. The Hall–Kier alpha value is -1.47. The van der Waals surface area contributed by atoms with Gasteiger partial charge in [-0.1, -0.05) is 5.21 Å². The lowest BCUT2D eigenvalue weighted by Gasteiger charge is -2.00. The Morgan fingerprint density at radius 2 is 2.40 bits per heavy atom. The lowest BCUT2D eigenvalue weighted by molar-refractivity contribution is 0.0593. The van der Waals surface area contributed by atoms with Crippen LogP contribution in [-0.4, -0.2) is 53.0 Å². The molecule has 15 heavy (non-hydrogen) atoms. The summed E-state index contributed by atoms with van der Waals surface area (Å²) in [6.07, 6.45) is 1.48. The Labute approximate surface area is 86.6 Å². The highest BCUT2D eigenvalue weighted by Crippen LogP contribution is 1.95. The number of carbonyl (C=O) groups is 1. The van der Waals surface area contributed by atoms with Crippen molar-refractivity contribution in [3.63, 3.8) is 0 Å². The third-order valence-electron chi connectivity index (χ3n) is 1.63. The van der Waals surface area contributed by atoms with Gasteiger partial charge in [0.1, 0.15) is 0 Å². The molecule has 0 fully saturated rings. The van der Waals surface area contributed by atoms with E-state index in [1.807, 2.05) is 0 Å². The first-order valence-corrected chi connectivity index (χ1v) is 4.45. The predicted molar refractivity (Wildman–Crippen MR) is 49.3 cm³/mol. The zero-order valence-electron chi connectivity index (χ0n) is 8.42. The molecule has 0 saturated heterocycles. The van der Waals surface area contributed by atoms with Crippen LogP contribution in [0.5, 0.6) is 0 Å². The Balaban J connectivity index is 2.36. The van der Waals surface area contributed by atoms with Gasteiger partial charge in [-0.05, 0) is 0 Å². The standard InChI is InChI=1S/C8H13N3O4/c1-14-8(13)7-6-11(10-9-7)2-4-15-5-3-12/h6,12H,2-5H2,1H3. The van der Waals surface area contributed by atoms with Crippen LogP contribution < -0.4 is 0 Å². The van der Waals surface area contributed by atoms with Crippen LogP contribution in [0.2, 0.25) is 0 Å². The molecule has 0 saturated carbocycles. The summed E-state index contributed by atoms with van der Waals surface area (Å²) in [6.45, 7) is 1.16. The molecule has 0 aliphatic carbocycles. The zero-order chi connectivity index (χ0) is 11.1. The second kappa shape index (κ2) is 6.10. The fraction of sp³-hybridized carbons (Fsp3) is 0.625. The van der Waals surface area contributed by atoms with E-state index in [9.17, 15) is 4.79 Å². The lowest BCUT2D eigenvalue weighted by atomic mass is 10.5. The first-order chi connectivity index (χ1) is 7.27. The van der Waals surface area contributed by atoms with E-state index in [0.29, 0.717) is 19.8 Å². The minimum absolute atomic E-state index is 0.00916. The van der Waals surface area contributed by atoms with Crippen LogP contribution in [-0.2, 0) is 16.0 Å². The summed E-state index contributed by atoms with van der Waals surface area (Å²) in [7, 11) is 1.28. The molecule has 0 radical (unpaired) electrons. The van der Waals surface area contributed by atoms with Crippen molar-refractivity contribution in [3.8, 4) is 0 Å². The summed E-state index contributed by atoms with van der Waals surface area (Å²) in [6, 6.07) is 0. The largest absolute Gasteiger partial charge is 0.464 e. The Morgan fingerprint density at radius 3 is 3.07 bits per heavy atom. The van der Waals surface area contributed by atoms with Crippen LogP contribution in [0.25, 0.3) is 0 Å². The molecule has 84 valence electrons. The molecule has 1 aromatic heterocycles. The van der Waals surface area contributed by atoms with Crippen LogP contribution in [0.15, 0.2) is 6.20 Å². The minimum Gasteiger partial charge on any atom is -0.464 e. The summed E-state index contributed by atoms with van der Waals surface area (Å²) in [5.41, 5.74) is 0.166. The van der Waals surface area contributed by atoms with Gasteiger partial charge in [0, 0.05) is 0 Å². The highest BCUT2D eigenvalue weighted by molar-refractivity contribution is 5.86. The Morgan fingerprint density at radius 1 is 1.60 bits per heavy atom. The van der Waals surface area contributed by atoms with Gasteiger partial charge in [0.05, 0.1) is 39.7 Å². The average molecular weight is 215 g/mol. The predicted octanol–water partition coefficient (Wildman–Crippen LogP) is -0.926. The average Bonchev–Trinajstić information content (AvgIpc) is 2.72. The first-order valence-electron chi connectivity index (χ1n) is 4.45. The highest BCUT2D eigenvalue weighted by Gasteiger charge is 2.09. The summed E-state index contributed by atoms with van der Waals surface area (Å²) < 4.78 is 11.0. The molecule has 1 rings (SSSR count). The zero-order valence-corrected chi connectivity index (χ0v) is 8.42. The third kappa shape index (κ3) is 3.64. The summed E-state index contributed by atoms with van der Waals surface area (Å²) in [5.74, 6) is -0.516. The van der Waals surface area contributed by atoms with Crippen molar-refractivity contribution in [3.05, 3.63) is 11.9 Å². The molecular weight excluding hydrogens is 202 g/mol. The molecule has 0 amide bonds. The SMILES string of the molecule is COC(=O)c1cn(CCOCCO)nn1. The van der Waals surface area contributed by atoms with Gasteiger partial charge >= 0.3 is 5.97 Å². The number of hydrogen-bond donors (Lipinski definition) is 1. The van der Waals surface area contributed by atoms with Gasteiger partial charge < -0.3 is 14.6 Å². The lowest BCUT2D eigenvalue weighted by Crippen LogP contribution is -2.09. The molecule has 0 aromatic carbocycles. The van der Waals surface area contributed by atoms with Crippen molar-refractivity contribution < 1.29 is 19.4 Å². The molecule has 1 aromatic rings. The maximum Gasteiger partial charge on any atom is 0.360 e. The van der Waals surface area contributed by atoms with Crippen molar-refractivity contribution in [2.24, 2.45) is 0 Å². The summed E-state index contributed by atoms with van der Waals surface area (Å²) in [5, 5.41) is 15.8. The topological polar surface area (TPSA) is 86.5 Å². The van der Waals surface area contributed by atoms with Crippen LogP contribution in [0, 0.1) is 0 Å². The van der Waals surface area contributed by atoms with Gasteiger partial charge in [-0.2, -0.15) is 0 Å². The molecule has 0 spiro atoms. The van der Waals surface area contributed by atoms with Crippen molar-refractivity contribution >= 4 is 5.97 Å². The van der Waals surface area contributed by atoms with Gasteiger partial charge in [0.2, 0.25) is 0 Å². The smallest absolute Gasteiger partial charge is 0.360 e. The van der Waals surface area contributed by atoms with Crippen molar-refractivity contribution in [1.82, 2.24) is 15.0 Å². The molecule has 0 aliphatic rings. The Kier molecular flexibility index (Phi) is 4.72. The Bertz CT molecular complexity index is 313. The molecule has 0 unspecified atom stereocenters. The van der Waals surface area contributed by atoms with E-state index in [1.165, 1.54) is 18.0 Å². The van der Waals surface area contributed by atoms with Crippen LogP contribution in [0.3, 0.4) is 0 Å². The van der Waals surface area contributed by atoms with Crippen LogP contribution in [0.1, 0.15) is 10.5 Å².